The van der Waals surface area contributed by atoms with Crippen LogP contribution in [0.2, 0.25) is 0 Å². The Hall–Kier alpha value is -3.67. The monoisotopic (exact) mass is 401 g/mol. The zero-order valence-electron chi connectivity index (χ0n) is 16.5. The molecule has 6 nitrogen and oxygen atoms in total. The van der Waals surface area contributed by atoms with Gasteiger partial charge >= 0.3 is 0 Å². The van der Waals surface area contributed by atoms with E-state index >= 15 is 0 Å². The van der Waals surface area contributed by atoms with Gasteiger partial charge in [-0.25, -0.2) is 0 Å². The zero-order chi connectivity index (χ0) is 20.8. The maximum atomic E-state index is 12.5. The van der Waals surface area contributed by atoms with Crippen LogP contribution >= 0.6 is 0 Å². The van der Waals surface area contributed by atoms with E-state index in [1.807, 2.05) is 54.6 Å². The van der Waals surface area contributed by atoms with Crippen molar-refractivity contribution in [2.75, 3.05) is 6.61 Å². The molecule has 0 aliphatic heterocycles. The first kappa shape index (κ1) is 19.6. The topological polar surface area (TPSA) is 80.3 Å². The van der Waals surface area contributed by atoms with Gasteiger partial charge in [0.15, 0.2) is 6.61 Å². The number of carbonyl (C=O) groups is 2. The van der Waals surface area contributed by atoms with Crippen LogP contribution in [0.25, 0.3) is 11.1 Å². The van der Waals surface area contributed by atoms with E-state index in [0.29, 0.717) is 23.9 Å². The van der Waals surface area contributed by atoms with E-state index in [9.17, 15) is 9.59 Å². The molecule has 1 aromatic heterocycles. The van der Waals surface area contributed by atoms with E-state index < -0.39 is 0 Å². The molecule has 0 saturated heterocycles. The molecule has 0 atom stereocenters. The van der Waals surface area contributed by atoms with E-state index in [0.717, 1.165) is 29.5 Å². The lowest BCUT2D eigenvalue weighted by molar-refractivity contribution is -0.123. The Morgan fingerprint density at radius 1 is 0.967 bits per heavy atom. The van der Waals surface area contributed by atoms with Gasteiger partial charge in [-0.05, 0) is 65.9 Å². The number of rotatable bonds is 8. The summed E-state index contributed by atoms with van der Waals surface area (Å²) in [6.45, 7) is 0.368. The Bertz CT molecular complexity index is 1020. The van der Waals surface area contributed by atoms with Crippen molar-refractivity contribution in [1.29, 1.82) is 0 Å². The van der Waals surface area contributed by atoms with Crippen LogP contribution in [0.1, 0.15) is 28.8 Å². The van der Waals surface area contributed by atoms with Gasteiger partial charge in [-0.2, -0.15) is 0 Å². The molecular weight excluding hydrogens is 378 g/mol. The molecule has 1 aliphatic carbocycles. The van der Waals surface area contributed by atoms with Gasteiger partial charge in [-0.1, -0.05) is 24.3 Å². The Morgan fingerprint density at radius 3 is 2.43 bits per heavy atom. The minimum absolute atomic E-state index is 0.00383. The fraction of sp³-hybridized carbons (Fsp3) is 0.208. The molecule has 1 saturated carbocycles. The molecule has 2 N–H and O–H groups in total. The van der Waals surface area contributed by atoms with Crippen LogP contribution in [-0.2, 0) is 11.3 Å². The molecule has 6 heteroatoms. The number of nitrogens with zero attached hydrogens (tertiary/aromatic N) is 1. The average Bonchev–Trinajstić information content (AvgIpc) is 3.61. The van der Waals surface area contributed by atoms with E-state index in [1.165, 1.54) is 0 Å². The third-order valence-corrected chi connectivity index (χ3v) is 4.82. The lowest BCUT2D eigenvalue weighted by atomic mass is 10.0. The maximum absolute atomic E-state index is 12.5. The summed E-state index contributed by atoms with van der Waals surface area (Å²) in [5.74, 6) is 0.354. The number of hydrogen-bond donors (Lipinski definition) is 2. The van der Waals surface area contributed by atoms with Crippen LogP contribution in [0.15, 0.2) is 73.1 Å². The molecule has 0 unspecified atom stereocenters. The van der Waals surface area contributed by atoms with Crippen molar-refractivity contribution in [2.24, 2.45) is 0 Å². The van der Waals surface area contributed by atoms with Crippen LogP contribution in [0.3, 0.4) is 0 Å². The van der Waals surface area contributed by atoms with Gasteiger partial charge in [0.05, 0.1) is 0 Å². The van der Waals surface area contributed by atoms with Gasteiger partial charge < -0.3 is 15.4 Å². The number of ether oxygens (including phenoxy) is 1. The van der Waals surface area contributed by atoms with Crippen LogP contribution in [-0.4, -0.2) is 29.4 Å². The van der Waals surface area contributed by atoms with Crippen LogP contribution in [0.5, 0.6) is 5.75 Å². The first-order valence-electron chi connectivity index (χ1n) is 9.97. The zero-order valence-corrected chi connectivity index (χ0v) is 16.5. The second kappa shape index (κ2) is 9.22. The molecule has 0 bridgehead atoms. The van der Waals surface area contributed by atoms with E-state index in [-0.39, 0.29) is 18.4 Å². The summed E-state index contributed by atoms with van der Waals surface area (Å²) in [6, 6.07) is 19.0. The Balaban J connectivity index is 1.29. The summed E-state index contributed by atoms with van der Waals surface area (Å²) in [5.41, 5.74) is 3.58. The average molecular weight is 401 g/mol. The Labute approximate surface area is 175 Å². The smallest absolute Gasteiger partial charge is 0.258 e. The van der Waals surface area contributed by atoms with Crippen molar-refractivity contribution < 1.29 is 14.3 Å². The number of nitrogens with one attached hydrogen (secondary N) is 2. The van der Waals surface area contributed by atoms with Gasteiger partial charge in [0.1, 0.15) is 5.75 Å². The molecular formula is C24H23N3O3. The molecule has 1 fully saturated rings. The summed E-state index contributed by atoms with van der Waals surface area (Å²) >= 11 is 0. The van der Waals surface area contributed by atoms with Crippen LogP contribution in [0, 0.1) is 0 Å². The number of benzene rings is 2. The number of pyridine rings is 1. The number of hydrogen-bond acceptors (Lipinski definition) is 4. The van der Waals surface area contributed by atoms with Crippen molar-refractivity contribution in [3.05, 3.63) is 84.2 Å². The third-order valence-electron chi connectivity index (χ3n) is 4.82. The van der Waals surface area contributed by atoms with Gasteiger partial charge in [-0.3, -0.25) is 14.6 Å². The summed E-state index contributed by atoms with van der Waals surface area (Å²) in [5, 5.41) is 5.80. The third kappa shape index (κ3) is 5.44. The largest absolute Gasteiger partial charge is 0.484 e. The quantitative estimate of drug-likeness (QED) is 0.607. The SMILES string of the molecule is O=C(COc1cccc(CNC(=O)c2ccc(-c3ccncc3)cc2)c1)NC1CC1. The summed E-state index contributed by atoms with van der Waals surface area (Å²) in [7, 11) is 0. The number of amides is 2. The minimum Gasteiger partial charge on any atom is -0.484 e. The van der Waals surface area contributed by atoms with Crippen molar-refractivity contribution in [1.82, 2.24) is 15.6 Å². The predicted molar refractivity (Wildman–Crippen MR) is 114 cm³/mol. The van der Waals surface area contributed by atoms with E-state index in [1.54, 1.807) is 18.5 Å². The highest BCUT2D eigenvalue weighted by molar-refractivity contribution is 5.94. The lowest BCUT2D eigenvalue weighted by Gasteiger charge is -2.10. The van der Waals surface area contributed by atoms with Gasteiger partial charge in [-0.15, -0.1) is 0 Å². The normalized spacial score (nSPS) is 12.8. The second-order valence-electron chi connectivity index (χ2n) is 7.27. The number of aromatic nitrogens is 1. The molecule has 1 heterocycles. The molecule has 2 amide bonds. The molecule has 30 heavy (non-hydrogen) atoms. The van der Waals surface area contributed by atoms with Crippen LogP contribution < -0.4 is 15.4 Å². The minimum atomic E-state index is -0.147. The molecule has 2 aromatic carbocycles. The van der Waals surface area contributed by atoms with Gasteiger partial charge in [0.2, 0.25) is 0 Å². The lowest BCUT2D eigenvalue weighted by Crippen LogP contribution is -2.30. The standard InChI is InChI=1S/C24H23N3O3/c28-23(27-21-8-9-21)16-30-22-3-1-2-17(14-22)15-26-24(29)20-6-4-18(5-7-20)19-10-12-25-13-11-19/h1-7,10-14,21H,8-9,15-16H2,(H,26,29)(H,27,28). The van der Waals surface area contributed by atoms with Crippen molar-refractivity contribution in [3.63, 3.8) is 0 Å². The highest BCUT2D eigenvalue weighted by Gasteiger charge is 2.23. The first-order chi connectivity index (χ1) is 14.7. The summed E-state index contributed by atoms with van der Waals surface area (Å²) < 4.78 is 5.55. The van der Waals surface area contributed by atoms with Gasteiger partial charge in [0.25, 0.3) is 11.8 Å². The Kier molecular flexibility index (Phi) is 6.03. The molecule has 1 aliphatic rings. The molecule has 152 valence electrons. The fourth-order valence-corrected chi connectivity index (χ4v) is 3.03. The van der Waals surface area contributed by atoms with Gasteiger partial charge in [0, 0.05) is 30.5 Å². The molecule has 0 spiro atoms. The summed E-state index contributed by atoms with van der Waals surface area (Å²) in [6.07, 6.45) is 5.58. The van der Waals surface area contributed by atoms with E-state index in [2.05, 4.69) is 15.6 Å². The van der Waals surface area contributed by atoms with Crippen molar-refractivity contribution >= 4 is 11.8 Å². The summed E-state index contributed by atoms with van der Waals surface area (Å²) in [4.78, 5) is 28.2. The molecule has 0 radical (unpaired) electrons. The highest BCUT2D eigenvalue weighted by Crippen LogP contribution is 2.20. The van der Waals surface area contributed by atoms with Crippen molar-refractivity contribution in [2.45, 2.75) is 25.4 Å². The van der Waals surface area contributed by atoms with Crippen molar-refractivity contribution in [3.8, 4) is 16.9 Å². The predicted octanol–water partition coefficient (Wildman–Crippen LogP) is 3.34. The Morgan fingerprint density at radius 2 is 1.70 bits per heavy atom. The second-order valence-corrected chi connectivity index (χ2v) is 7.27. The maximum Gasteiger partial charge on any atom is 0.258 e. The van der Waals surface area contributed by atoms with Crippen LogP contribution in [0.4, 0.5) is 0 Å². The first-order valence-corrected chi connectivity index (χ1v) is 9.97. The number of carbonyl (C=O) groups excluding carboxylic acids is 2. The van der Waals surface area contributed by atoms with E-state index in [4.69, 9.17) is 4.74 Å². The highest BCUT2D eigenvalue weighted by atomic mass is 16.5. The molecule has 3 aromatic rings. The fourth-order valence-electron chi connectivity index (χ4n) is 3.03. The molecule has 4 rings (SSSR count).